The van der Waals surface area contributed by atoms with Crippen molar-refractivity contribution in [2.75, 3.05) is 23.3 Å². The lowest BCUT2D eigenvalue weighted by atomic mass is 10.1. The Hall–Kier alpha value is -3.52. The monoisotopic (exact) mass is 490 g/mol. The number of benzene rings is 2. The molecule has 0 bridgehead atoms. The molecule has 1 saturated heterocycles. The van der Waals surface area contributed by atoms with E-state index >= 15 is 0 Å². The molecule has 1 amide bonds. The van der Waals surface area contributed by atoms with Gasteiger partial charge in [0.25, 0.3) is 5.91 Å². The Labute approximate surface area is 192 Å². The molecular formula is C24H19BrN4O3. The molecule has 5 rings (SSSR count). The predicted octanol–water partition coefficient (Wildman–Crippen LogP) is 4.87. The van der Waals surface area contributed by atoms with Crippen LogP contribution in [-0.4, -0.2) is 29.2 Å². The third-order valence-corrected chi connectivity index (χ3v) is 5.93. The van der Waals surface area contributed by atoms with E-state index in [4.69, 9.17) is 4.42 Å². The summed E-state index contributed by atoms with van der Waals surface area (Å²) >= 11 is 3.39. The number of halogens is 1. The van der Waals surface area contributed by atoms with Crippen LogP contribution in [0.5, 0.6) is 0 Å². The van der Waals surface area contributed by atoms with Crippen molar-refractivity contribution in [3.05, 3.63) is 81.1 Å². The first kappa shape index (κ1) is 20.4. The lowest BCUT2D eigenvalue weighted by Crippen LogP contribution is -2.20. The Morgan fingerprint density at radius 3 is 2.62 bits per heavy atom. The Bertz CT molecular complexity index is 1360. The smallest absolute Gasteiger partial charge is 0.349 e. The van der Waals surface area contributed by atoms with E-state index in [1.165, 1.54) is 18.9 Å². The van der Waals surface area contributed by atoms with Gasteiger partial charge in [-0.3, -0.25) is 4.79 Å². The van der Waals surface area contributed by atoms with Crippen molar-refractivity contribution >= 4 is 44.3 Å². The molecule has 0 unspecified atom stereocenters. The Kier molecular flexibility index (Phi) is 5.45. The Balaban J connectivity index is 1.38. The minimum atomic E-state index is -0.683. The zero-order valence-electron chi connectivity index (χ0n) is 17.0. The Morgan fingerprint density at radius 1 is 1.00 bits per heavy atom. The summed E-state index contributed by atoms with van der Waals surface area (Å²) < 4.78 is 6.12. The summed E-state index contributed by atoms with van der Waals surface area (Å²) in [6, 6.07) is 18.0. The molecule has 0 atom stereocenters. The normalized spacial score (nSPS) is 13.5. The number of hydrogen-bond acceptors (Lipinski definition) is 6. The number of rotatable bonds is 4. The third kappa shape index (κ3) is 4.13. The number of hydrogen-bond donors (Lipinski definition) is 1. The van der Waals surface area contributed by atoms with E-state index in [2.05, 4.69) is 36.3 Å². The molecule has 0 spiro atoms. The number of aromatic nitrogens is 2. The van der Waals surface area contributed by atoms with Crippen molar-refractivity contribution in [3.8, 4) is 11.3 Å². The number of carbonyl (C=O) groups excluding carboxylic acids is 1. The van der Waals surface area contributed by atoms with Gasteiger partial charge >= 0.3 is 5.63 Å². The number of anilines is 2. The minimum absolute atomic E-state index is 0.0595. The van der Waals surface area contributed by atoms with E-state index in [1.54, 1.807) is 30.3 Å². The van der Waals surface area contributed by atoms with Crippen LogP contribution in [-0.2, 0) is 0 Å². The van der Waals surface area contributed by atoms with E-state index in [0.717, 1.165) is 28.9 Å². The first-order valence-corrected chi connectivity index (χ1v) is 11.1. The van der Waals surface area contributed by atoms with Crippen LogP contribution in [0.25, 0.3) is 22.2 Å². The van der Waals surface area contributed by atoms with Crippen LogP contribution in [0.2, 0.25) is 0 Å². The van der Waals surface area contributed by atoms with Crippen LogP contribution < -0.4 is 15.8 Å². The van der Waals surface area contributed by atoms with Crippen LogP contribution in [0.3, 0.4) is 0 Å². The van der Waals surface area contributed by atoms with E-state index in [9.17, 15) is 9.59 Å². The molecule has 0 radical (unpaired) electrons. The lowest BCUT2D eigenvalue weighted by Gasteiger charge is -2.15. The number of carbonyl (C=O) groups is 1. The average Bonchev–Trinajstić information content (AvgIpc) is 3.34. The summed E-state index contributed by atoms with van der Waals surface area (Å²) in [7, 11) is 0. The maximum atomic E-state index is 12.8. The van der Waals surface area contributed by atoms with Gasteiger partial charge in [-0.05, 0) is 61.4 Å². The summed E-state index contributed by atoms with van der Waals surface area (Å²) in [6.07, 6.45) is 2.36. The topological polar surface area (TPSA) is 88.3 Å². The van der Waals surface area contributed by atoms with E-state index in [-0.39, 0.29) is 5.56 Å². The van der Waals surface area contributed by atoms with Crippen molar-refractivity contribution < 1.29 is 9.21 Å². The van der Waals surface area contributed by atoms with E-state index in [0.29, 0.717) is 22.4 Å². The van der Waals surface area contributed by atoms with Crippen LogP contribution in [0.4, 0.5) is 11.5 Å². The maximum absolute atomic E-state index is 12.8. The standard InChI is InChI=1S/C24H19BrN4O3/c25-17-6-8-21-16(12-17)14-19(24(31)32-21)23(30)26-18-5-3-4-15(13-18)20-7-9-22(28-27-20)29-10-1-2-11-29/h3-9,12-14H,1-2,10-11H2,(H,26,30). The highest BCUT2D eigenvalue weighted by atomic mass is 79.9. The molecule has 2 aromatic heterocycles. The Morgan fingerprint density at radius 2 is 1.84 bits per heavy atom. The van der Waals surface area contributed by atoms with Gasteiger partial charge in [-0.1, -0.05) is 28.1 Å². The highest BCUT2D eigenvalue weighted by molar-refractivity contribution is 9.10. The van der Waals surface area contributed by atoms with Crippen LogP contribution >= 0.6 is 15.9 Å². The van der Waals surface area contributed by atoms with Crippen LogP contribution in [0.1, 0.15) is 23.2 Å². The number of amides is 1. The van der Waals surface area contributed by atoms with Crippen molar-refractivity contribution in [3.63, 3.8) is 0 Å². The fourth-order valence-electron chi connectivity index (χ4n) is 3.80. The van der Waals surface area contributed by atoms with Crippen LogP contribution in [0.15, 0.2) is 74.3 Å². The van der Waals surface area contributed by atoms with Gasteiger partial charge in [0, 0.05) is 34.2 Å². The largest absolute Gasteiger partial charge is 0.422 e. The molecule has 1 N–H and O–H groups in total. The van der Waals surface area contributed by atoms with Gasteiger partial charge in [-0.25, -0.2) is 4.79 Å². The summed E-state index contributed by atoms with van der Waals surface area (Å²) in [5.41, 5.74) is 1.75. The molecule has 7 nitrogen and oxygen atoms in total. The third-order valence-electron chi connectivity index (χ3n) is 5.44. The molecule has 3 heterocycles. The molecule has 32 heavy (non-hydrogen) atoms. The molecule has 160 valence electrons. The molecule has 1 aliphatic rings. The van der Waals surface area contributed by atoms with Crippen molar-refractivity contribution in [2.45, 2.75) is 12.8 Å². The lowest BCUT2D eigenvalue weighted by molar-refractivity contribution is 0.102. The van der Waals surface area contributed by atoms with Gasteiger partial charge < -0.3 is 14.6 Å². The fourth-order valence-corrected chi connectivity index (χ4v) is 4.18. The second kappa shape index (κ2) is 8.55. The van der Waals surface area contributed by atoms with E-state index < -0.39 is 11.5 Å². The molecule has 1 fully saturated rings. The predicted molar refractivity (Wildman–Crippen MR) is 127 cm³/mol. The van der Waals surface area contributed by atoms with Gasteiger partial charge in [0.15, 0.2) is 5.82 Å². The minimum Gasteiger partial charge on any atom is -0.422 e. The van der Waals surface area contributed by atoms with E-state index in [1.807, 2.05) is 24.3 Å². The van der Waals surface area contributed by atoms with Crippen molar-refractivity contribution in [1.82, 2.24) is 10.2 Å². The zero-order chi connectivity index (χ0) is 22.1. The molecule has 4 aromatic rings. The first-order valence-electron chi connectivity index (χ1n) is 10.3. The SMILES string of the molecule is O=C(Nc1cccc(-c2ccc(N3CCCC3)nn2)c1)c1cc2cc(Br)ccc2oc1=O. The molecule has 8 heteroatoms. The van der Waals surface area contributed by atoms with Gasteiger partial charge in [0.2, 0.25) is 0 Å². The summed E-state index contributed by atoms with van der Waals surface area (Å²) in [5.74, 6) is 0.346. The quantitative estimate of drug-likeness (QED) is 0.410. The summed E-state index contributed by atoms with van der Waals surface area (Å²) in [6.45, 7) is 2.02. The van der Waals surface area contributed by atoms with Crippen molar-refractivity contribution in [2.24, 2.45) is 0 Å². The first-order chi connectivity index (χ1) is 15.6. The van der Waals surface area contributed by atoms with Gasteiger partial charge in [0.1, 0.15) is 11.1 Å². The molecule has 1 aliphatic heterocycles. The second-order valence-electron chi connectivity index (χ2n) is 7.64. The van der Waals surface area contributed by atoms with Crippen LogP contribution in [0, 0.1) is 0 Å². The van der Waals surface area contributed by atoms with Gasteiger partial charge in [-0.15, -0.1) is 10.2 Å². The number of nitrogens with one attached hydrogen (secondary N) is 1. The summed E-state index contributed by atoms with van der Waals surface area (Å²) in [4.78, 5) is 27.3. The summed E-state index contributed by atoms with van der Waals surface area (Å²) in [5, 5.41) is 12.1. The fraction of sp³-hybridized carbons (Fsp3) is 0.167. The van der Waals surface area contributed by atoms with Crippen molar-refractivity contribution in [1.29, 1.82) is 0 Å². The maximum Gasteiger partial charge on any atom is 0.349 e. The average molecular weight is 491 g/mol. The zero-order valence-corrected chi connectivity index (χ0v) is 18.6. The van der Waals surface area contributed by atoms with Gasteiger partial charge in [0.05, 0.1) is 5.69 Å². The number of fused-ring (bicyclic) bond motifs is 1. The molecule has 0 saturated carbocycles. The highest BCUT2D eigenvalue weighted by Gasteiger charge is 2.16. The van der Waals surface area contributed by atoms with Gasteiger partial charge in [-0.2, -0.15) is 0 Å². The number of nitrogens with zero attached hydrogens (tertiary/aromatic N) is 3. The molecular weight excluding hydrogens is 472 g/mol. The second-order valence-corrected chi connectivity index (χ2v) is 8.55. The highest BCUT2D eigenvalue weighted by Crippen LogP contribution is 2.24. The molecule has 2 aromatic carbocycles. The molecule has 0 aliphatic carbocycles.